The zero-order valence-corrected chi connectivity index (χ0v) is 8.30. The van der Waals surface area contributed by atoms with E-state index in [-0.39, 0.29) is 0 Å². The Bertz CT molecular complexity index is 423. The highest BCUT2D eigenvalue weighted by Gasteiger charge is 1.97. The van der Waals surface area contributed by atoms with Gasteiger partial charge in [-0.05, 0) is 36.1 Å². The number of rotatable bonds is 0. The highest BCUT2D eigenvalue weighted by atomic mass is 79.9. The number of hydrogen-bond acceptors (Lipinski definition) is 1. The molecular weight excluding hydrogens is 214 g/mol. The molecule has 0 unspecified atom stereocenters. The summed E-state index contributed by atoms with van der Waals surface area (Å²) in [4.78, 5) is 4.09. The van der Waals surface area contributed by atoms with Crippen LogP contribution < -0.4 is 0 Å². The minimum absolute atomic E-state index is 1.12. The summed E-state index contributed by atoms with van der Waals surface area (Å²) in [7, 11) is 0. The molecule has 2 heteroatoms. The lowest BCUT2D eigenvalue weighted by Crippen LogP contribution is -1.80. The van der Waals surface area contributed by atoms with E-state index in [0.717, 1.165) is 4.47 Å². The molecule has 1 nitrogen and oxygen atoms in total. The molecule has 0 amide bonds. The Morgan fingerprint density at radius 2 is 2.17 bits per heavy atom. The number of aryl methyl sites for hydroxylation is 1. The van der Waals surface area contributed by atoms with E-state index in [1.165, 1.54) is 16.3 Å². The number of aromatic nitrogens is 1. The van der Waals surface area contributed by atoms with Crippen LogP contribution in [0.15, 0.2) is 35.1 Å². The molecule has 0 spiro atoms. The van der Waals surface area contributed by atoms with Gasteiger partial charge >= 0.3 is 0 Å². The van der Waals surface area contributed by atoms with Gasteiger partial charge < -0.3 is 0 Å². The molecule has 0 N–H and O–H groups in total. The van der Waals surface area contributed by atoms with Gasteiger partial charge in [-0.1, -0.05) is 15.9 Å². The van der Waals surface area contributed by atoms with Crippen molar-refractivity contribution in [3.8, 4) is 0 Å². The van der Waals surface area contributed by atoms with E-state index in [0.29, 0.717) is 0 Å². The molecule has 1 heterocycles. The molecule has 60 valence electrons. The molecule has 0 aliphatic carbocycles. The van der Waals surface area contributed by atoms with Gasteiger partial charge in [-0.2, -0.15) is 0 Å². The van der Waals surface area contributed by atoms with Gasteiger partial charge in [0.05, 0.1) is 0 Å². The summed E-state index contributed by atoms with van der Waals surface area (Å²) >= 11 is 3.46. The average Bonchev–Trinajstić information content (AvgIpc) is 2.04. The van der Waals surface area contributed by atoms with Crippen molar-refractivity contribution in [1.82, 2.24) is 4.98 Å². The maximum atomic E-state index is 4.09. The fourth-order valence-electron chi connectivity index (χ4n) is 1.34. The predicted molar refractivity (Wildman–Crippen MR) is 54.2 cm³/mol. The molecule has 1 aromatic heterocycles. The van der Waals surface area contributed by atoms with Crippen LogP contribution in [0.3, 0.4) is 0 Å². The van der Waals surface area contributed by atoms with Gasteiger partial charge in [-0.15, -0.1) is 0 Å². The number of fused-ring (bicyclic) bond motifs is 1. The van der Waals surface area contributed by atoms with Crippen molar-refractivity contribution in [2.75, 3.05) is 0 Å². The van der Waals surface area contributed by atoms with Crippen molar-refractivity contribution < 1.29 is 0 Å². The van der Waals surface area contributed by atoms with Crippen LogP contribution in [0.1, 0.15) is 5.56 Å². The molecule has 0 fully saturated rings. The zero-order valence-electron chi connectivity index (χ0n) is 6.71. The van der Waals surface area contributed by atoms with Crippen molar-refractivity contribution in [3.63, 3.8) is 0 Å². The maximum absolute atomic E-state index is 4.09. The molecule has 12 heavy (non-hydrogen) atoms. The van der Waals surface area contributed by atoms with Gasteiger partial charge in [-0.25, -0.2) is 0 Å². The van der Waals surface area contributed by atoms with Crippen LogP contribution in [0.4, 0.5) is 0 Å². The van der Waals surface area contributed by atoms with Gasteiger partial charge in [0, 0.05) is 22.3 Å². The van der Waals surface area contributed by atoms with Crippen LogP contribution in [-0.4, -0.2) is 4.98 Å². The summed E-state index contributed by atoms with van der Waals surface area (Å²) in [5, 5.41) is 2.46. The molecule has 0 aliphatic rings. The molecule has 0 radical (unpaired) electrons. The Hall–Kier alpha value is -0.890. The van der Waals surface area contributed by atoms with E-state index in [4.69, 9.17) is 0 Å². The lowest BCUT2D eigenvalue weighted by Gasteiger charge is -2.01. The van der Waals surface area contributed by atoms with Gasteiger partial charge in [0.15, 0.2) is 0 Å². The lowest BCUT2D eigenvalue weighted by atomic mass is 10.1. The van der Waals surface area contributed by atoms with Crippen LogP contribution >= 0.6 is 15.9 Å². The Morgan fingerprint density at radius 1 is 1.33 bits per heavy atom. The Morgan fingerprint density at radius 3 is 3.00 bits per heavy atom. The van der Waals surface area contributed by atoms with Gasteiger partial charge in [0.25, 0.3) is 0 Å². The fraction of sp³-hybridized carbons (Fsp3) is 0.100. The third kappa shape index (κ3) is 1.23. The van der Waals surface area contributed by atoms with E-state index in [1.54, 1.807) is 0 Å². The van der Waals surface area contributed by atoms with E-state index < -0.39 is 0 Å². The summed E-state index contributed by atoms with van der Waals surface area (Å²) < 4.78 is 1.12. The van der Waals surface area contributed by atoms with Crippen LogP contribution in [0.5, 0.6) is 0 Å². The Labute approximate surface area is 79.6 Å². The predicted octanol–water partition coefficient (Wildman–Crippen LogP) is 3.31. The smallest absolute Gasteiger partial charge is 0.0349 e. The van der Waals surface area contributed by atoms with Gasteiger partial charge in [-0.3, -0.25) is 4.98 Å². The first kappa shape index (κ1) is 7.74. The first-order valence-corrected chi connectivity index (χ1v) is 4.56. The van der Waals surface area contributed by atoms with Crippen molar-refractivity contribution in [2.24, 2.45) is 0 Å². The van der Waals surface area contributed by atoms with Gasteiger partial charge in [0.2, 0.25) is 0 Å². The number of hydrogen-bond donors (Lipinski definition) is 0. The Balaban J connectivity index is 2.89. The average molecular weight is 222 g/mol. The third-order valence-electron chi connectivity index (χ3n) is 1.93. The minimum atomic E-state index is 1.12. The van der Waals surface area contributed by atoms with E-state index in [2.05, 4.69) is 40.0 Å². The molecule has 0 atom stereocenters. The SMILES string of the molecule is Cc1cc(Br)cc2ccncc12. The zero-order chi connectivity index (χ0) is 8.55. The monoisotopic (exact) mass is 221 g/mol. The molecule has 0 aliphatic heterocycles. The molecule has 2 aromatic rings. The highest BCUT2D eigenvalue weighted by molar-refractivity contribution is 9.10. The number of halogens is 1. The lowest BCUT2D eigenvalue weighted by molar-refractivity contribution is 1.35. The molecule has 0 saturated carbocycles. The summed E-state index contributed by atoms with van der Waals surface area (Å²) in [6.45, 7) is 2.09. The van der Waals surface area contributed by atoms with Crippen LogP contribution in [0.2, 0.25) is 0 Å². The second kappa shape index (κ2) is 2.87. The van der Waals surface area contributed by atoms with Crippen molar-refractivity contribution in [3.05, 3.63) is 40.6 Å². The topological polar surface area (TPSA) is 12.9 Å². The minimum Gasteiger partial charge on any atom is -0.264 e. The number of pyridine rings is 1. The summed E-state index contributed by atoms with van der Waals surface area (Å²) in [5.74, 6) is 0. The second-order valence-electron chi connectivity index (χ2n) is 2.82. The quantitative estimate of drug-likeness (QED) is 0.666. The fourth-order valence-corrected chi connectivity index (χ4v) is 1.93. The maximum Gasteiger partial charge on any atom is 0.0349 e. The van der Waals surface area contributed by atoms with Crippen LogP contribution in [0.25, 0.3) is 10.8 Å². The van der Waals surface area contributed by atoms with Gasteiger partial charge in [0.1, 0.15) is 0 Å². The largest absolute Gasteiger partial charge is 0.264 e. The summed E-state index contributed by atoms with van der Waals surface area (Å²) in [6.07, 6.45) is 3.71. The normalized spacial score (nSPS) is 10.5. The van der Waals surface area contributed by atoms with E-state index in [1.807, 2.05) is 18.5 Å². The molecule has 2 rings (SSSR count). The Kier molecular flexibility index (Phi) is 1.85. The summed E-state index contributed by atoms with van der Waals surface area (Å²) in [5.41, 5.74) is 1.26. The summed E-state index contributed by atoms with van der Waals surface area (Å²) in [6, 6.07) is 6.22. The van der Waals surface area contributed by atoms with Crippen molar-refractivity contribution >= 4 is 26.7 Å². The van der Waals surface area contributed by atoms with Crippen LogP contribution in [-0.2, 0) is 0 Å². The molecule has 0 saturated heterocycles. The van der Waals surface area contributed by atoms with Crippen molar-refractivity contribution in [1.29, 1.82) is 0 Å². The highest BCUT2D eigenvalue weighted by Crippen LogP contribution is 2.22. The first-order valence-electron chi connectivity index (χ1n) is 3.77. The number of benzene rings is 1. The van der Waals surface area contributed by atoms with E-state index >= 15 is 0 Å². The third-order valence-corrected chi connectivity index (χ3v) is 2.39. The standard InChI is InChI=1S/C10H8BrN/c1-7-4-9(11)5-8-2-3-12-6-10(7)8/h2-6H,1H3. The first-order chi connectivity index (χ1) is 5.77. The molecular formula is C10H8BrN. The number of nitrogens with zero attached hydrogens (tertiary/aromatic N) is 1. The van der Waals surface area contributed by atoms with Crippen LogP contribution in [0, 0.1) is 6.92 Å². The second-order valence-corrected chi connectivity index (χ2v) is 3.74. The molecule has 1 aromatic carbocycles. The molecule has 0 bridgehead atoms. The van der Waals surface area contributed by atoms with Crippen molar-refractivity contribution in [2.45, 2.75) is 6.92 Å². The van der Waals surface area contributed by atoms with E-state index in [9.17, 15) is 0 Å².